The van der Waals surface area contributed by atoms with Crippen LogP contribution in [-0.4, -0.2) is 66.0 Å². The Morgan fingerprint density at radius 3 is 2.68 bits per heavy atom. The highest BCUT2D eigenvalue weighted by atomic mass is 16.5. The summed E-state index contributed by atoms with van der Waals surface area (Å²) < 4.78 is 5.28. The molecule has 7 heteroatoms. The zero-order valence-corrected chi connectivity index (χ0v) is 18.3. The van der Waals surface area contributed by atoms with Gasteiger partial charge < -0.3 is 19.6 Å². The van der Waals surface area contributed by atoms with Crippen LogP contribution in [0.3, 0.4) is 0 Å². The monoisotopic (exact) mass is 424 g/mol. The first-order valence-corrected chi connectivity index (χ1v) is 11.4. The molecule has 0 saturated carbocycles. The summed E-state index contributed by atoms with van der Waals surface area (Å²) in [6, 6.07) is 11.1. The smallest absolute Gasteiger partial charge is 0.273 e. The van der Waals surface area contributed by atoms with Crippen LogP contribution in [-0.2, 0) is 4.79 Å². The van der Waals surface area contributed by atoms with Gasteiger partial charge in [0, 0.05) is 31.3 Å². The highest BCUT2D eigenvalue weighted by Crippen LogP contribution is 2.22. The summed E-state index contributed by atoms with van der Waals surface area (Å²) >= 11 is 0. The van der Waals surface area contributed by atoms with Crippen LogP contribution in [0.25, 0.3) is 11.3 Å². The van der Waals surface area contributed by atoms with Gasteiger partial charge in [-0.3, -0.25) is 9.59 Å². The zero-order chi connectivity index (χ0) is 21.6. The molecule has 3 heterocycles. The van der Waals surface area contributed by atoms with Crippen LogP contribution < -0.4 is 5.32 Å². The maximum atomic E-state index is 12.7. The number of amides is 2. The first-order chi connectivity index (χ1) is 15.1. The largest absolute Gasteiger partial charge is 0.355 e. The molecule has 2 amide bonds. The summed E-state index contributed by atoms with van der Waals surface area (Å²) in [7, 11) is 0. The second-order valence-corrected chi connectivity index (χ2v) is 8.96. The molecule has 2 aromatic rings. The number of hydrogen-bond donors (Lipinski definition) is 1. The number of piperidine rings is 2. The van der Waals surface area contributed by atoms with E-state index in [9.17, 15) is 9.59 Å². The second-order valence-electron chi connectivity index (χ2n) is 8.96. The molecular weight excluding hydrogens is 392 g/mol. The molecule has 1 aromatic heterocycles. The van der Waals surface area contributed by atoms with Crippen molar-refractivity contribution >= 4 is 11.8 Å². The van der Waals surface area contributed by atoms with E-state index >= 15 is 0 Å². The van der Waals surface area contributed by atoms with Crippen LogP contribution in [0.2, 0.25) is 0 Å². The molecule has 1 N–H and O–H groups in total. The number of carbonyl (C=O) groups is 2. The Morgan fingerprint density at radius 2 is 1.90 bits per heavy atom. The highest BCUT2D eigenvalue weighted by molar-refractivity contribution is 5.95. The van der Waals surface area contributed by atoms with Gasteiger partial charge in [0.2, 0.25) is 5.91 Å². The molecule has 1 atom stereocenters. The van der Waals surface area contributed by atoms with Gasteiger partial charge in [0.15, 0.2) is 11.5 Å². The number of nitrogens with one attached hydrogen (secondary N) is 1. The minimum absolute atomic E-state index is 0.0136. The molecule has 1 aromatic carbocycles. The Labute approximate surface area is 183 Å². The number of nitrogens with zero attached hydrogens (tertiary/aromatic N) is 3. The number of hydrogen-bond acceptors (Lipinski definition) is 5. The number of likely N-dealkylation sites (tertiary alicyclic amines) is 2. The SMILES string of the molecule is CC1CCN(CC2CCCN(C(=O)CNC(=O)c3cc(-c4ccccc4)on3)C2)CC1. The van der Waals surface area contributed by atoms with E-state index in [-0.39, 0.29) is 18.1 Å². The van der Waals surface area contributed by atoms with E-state index in [0.717, 1.165) is 37.5 Å². The van der Waals surface area contributed by atoms with Crippen molar-refractivity contribution in [2.45, 2.75) is 32.6 Å². The molecule has 2 aliphatic heterocycles. The third kappa shape index (κ3) is 5.73. The Balaban J connectivity index is 1.24. The molecule has 1 unspecified atom stereocenters. The maximum Gasteiger partial charge on any atom is 0.273 e. The van der Waals surface area contributed by atoms with Crippen molar-refractivity contribution in [1.29, 1.82) is 0 Å². The fourth-order valence-corrected chi connectivity index (χ4v) is 4.53. The van der Waals surface area contributed by atoms with E-state index in [0.29, 0.717) is 11.7 Å². The van der Waals surface area contributed by atoms with Gasteiger partial charge in [0.05, 0.1) is 6.54 Å². The van der Waals surface area contributed by atoms with Crippen LogP contribution in [0.4, 0.5) is 0 Å². The predicted molar refractivity (Wildman–Crippen MR) is 118 cm³/mol. The number of rotatable bonds is 6. The van der Waals surface area contributed by atoms with Crippen LogP contribution in [0, 0.1) is 11.8 Å². The molecule has 0 aliphatic carbocycles. The van der Waals surface area contributed by atoms with Gasteiger partial charge in [-0.15, -0.1) is 0 Å². The highest BCUT2D eigenvalue weighted by Gasteiger charge is 2.27. The molecule has 166 valence electrons. The minimum atomic E-state index is -0.393. The molecule has 2 aliphatic rings. The molecule has 4 rings (SSSR count). The average Bonchev–Trinajstić information content (AvgIpc) is 3.30. The summed E-state index contributed by atoms with van der Waals surface area (Å²) in [4.78, 5) is 29.6. The Kier molecular flexibility index (Phi) is 7.02. The quantitative estimate of drug-likeness (QED) is 0.771. The van der Waals surface area contributed by atoms with Crippen molar-refractivity contribution in [3.8, 4) is 11.3 Å². The minimum Gasteiger partial charge on any atom is -0.355 e. The van der Waals surface area contributed by atoms with Crippen LogP contribution in [0.15, 0.2) is 40.9 Å². The summed E-state index contributed by atoms with van der Waals surface area (Å²) in [5.74, 6) is 1.46. The van der Waals surface area contributed by atoms with Gasteiger partial charge in [-0.1, -0.05) is 42.4 Å². The first-order valence-electron chi connectivity index (χ1n) is 11.4. The fourth-order valence-electron chi connectivity index (χ4n) is 4.53. The van der Waals surface area contributed by atoms with Crippen LogP contribution in [0.5, 0.6) is 0 Å². The van der Waals surface area contributed by atoms with Crippen molar-refractivity contribution < 1.29 is 14.1 Å². The normalized spacial score (nSPS) is 20.5. The standard InChI is InChI=1S/C24H32N4O3/c1-18-9-12-27(13-10-18)16-19-6-5-11-28(17-19)23(29)15-25-24(30)21-14-22(31-26-21)20-7-3-2-4-8-20/h2-4,7-8,14,18-19H,5-6,9-13,15-17H2,1H3,(H,25,30). The number of benzene rings is 1. The van der Waals surface area contributed by atoms with Crippen molar-refractivity contribution in [1.82, 2.24) is 20.3 Å². The lowest BCUT2D eigenvalue weighted by atomic mass is 9.94. The van der Waals surface area contributed by atoms with E-state index in [1.165, 1.54) is 32.4 Å². The summed E-state index contributed by atoms with van der Waals surface area (Å²) in [6.07, 6.45) is 4.74. The van der Waals surface area contributed by atoms with Gasteiger partial charge >= 0.3 is 0 Å². The third-order valence-corrected chi connectivity index (χ3v) is 6.47. The van der Waals surface area contributed by atoms with Crippen LogP contribution in [0.1, 0.15) is 43.1 Å². The van der Waals surface area contributed by atoms with Crippen molar-refractivity contribution in [2.75, 3.05) is 39.3 Å². The lowest BCUT2D eigenvalue weighted by molar-refractivity contribution is -0.132. The average molecular weight is 425 g/mol. The molecule has 0 bridgehead atoms. The number of aromatic nitrogens is 1. The van der Waals surface area contributed by atoms with E-state index < -0.39 is 5.91 Å². The molecule has 0 radical (unpaired) electrons. The topological polar surface area (TPSA) is 78.7 Å². The molecule has 2 saturated heterocycles. The fraction of sp³-hybridized carbons (Fsp3) is 0.542. The molecule has 0 spiro atoms. The van der Waals surface area contributed by atoms with Gasteiger partial charge in [-0.25, -0.2) is 0 Å². The van der Waals surface area contributed by atoms with Crippen molar-refractivity contribution in [2.24, 2.45) is 11.8 Å². The molecule has 31 heavy (non-hydrogen) atoms. The lowest BCUT2D eigenvalue weighted by Crippen LogP contribution is -2.48. The van der Waals surface area contributed by atoms with Gasteiger partial charge in [-0.2, -0.15) is 0 Å². The first kappa shape index (κ1) is 21.6. The van der Waals surface area contributed by atoms with Gasteiger partial charge in [-0.05, 0) is 50.6 Å². The summed E-state index contributed by atoms with van der Waals surface area (Å²) in [6.45, 7) is 7.28. The molecule has 2 fully saturated rings. The predicted octanol–water partition coefficient (Wildman–Crippen LogP) is 3.04. The van der Waals surface area contributed by atoms with Crippen LogP contribution >= 0.6 is 0 Å². The van der Waals surface area contributed by atoms with Gasteiger partial charge in [0.1, 0.15) is 0 Å². The molecular formula is C24H32N4O3. The maximum absolute atomic E-state index is 12.7. The number of carbonyl (C=O) groups excluding carboxylic acids is 2. The lowest BCUT2D eigenvalue weighted by Gasteiger charge is -2.37. The summed E-state index contributed by atoms with van der Waals surface area (Å²) in [5.41, 5.74) is 1.04. The van der Waals surface area contributed by atoms with Crippen molar-refractivity contribution in [3.63, 3.8) is 0 Å². The summed E-state index contributed by atoms with van der Waals surface area (Å²) in [5, 5.41) is 6.55. The van der Waals surface area contributed by atoms with E-state index in [4.69, 9.17) is 4.52 Å². The molecule has 7 nitrogen and oxygen atoms in total. The van der Waals surface area contributed by atoms with E-state index in [1.807, 2.05) is 35.2 Å². The Morgan fingerprint density at radius 1 is 1.13 bits per heavy atom. The van der Waals surface area contributed by atoms with E-state index in [1.54, 1.807) is 6.07 Å². The Hall–Kier alpha value is -2.67. The van der Waals surface area contributed by atoms with Gasteiger partial charge in [0.25, 0.3) is 5.91 Å². The third-order valence-electron chi connectivity index (χ3n) is 6.47. The Bertz CT molecular complexity index is 874. The van der Waals surface area contributed by atoms with E-state index in [2.05, 4.69) is 22.3 Å². The van der Waals surface area contributed by atoms with Crippen molar-refractivity contribution in [3.05, 3.63) is 42.1 Å². The second kappa shape index (κ2) is 10.1. The zero-order valence-electron chi connectivity index (χ0n) is 18.3.